The van der Waals surface area contributed by atoms with Gasteiger partial charge < -0.3 is 10.6 Å². The van der Waals surface area contributed by atoms with Crippen LogP contribution in [0, 0.1) is 0 Å². The molecule has 23 heavy (non-hydrogen) atoms. The predicted octanol–water partition coefficient (Wildman–Crippen LogP) is 3.15. The van der Waals surface area contributed by atoms with Gasteiger partial charge in [-0.05, 0) is 37.0 Å². The topological polar surface area (TPSA) is 58.2 Å². The Balaban J connectivity index is 1.60. The summed E-state index contributed by atoms with van der Waals surface area (Å²) in [5, 5.41) is 5.81. The van der Waals surface area contributed by atoms with Gasteiger partial charge in [0.05, 0.1) is 11.3 Å². The molecule has 0 heterocycles. The smallest absolute Gasteiger partial charge is 0.253 e. The number of benzene rings is 2. The number of hydrogen-bond acceptors (Lipinski definition) is 2. The third kappa shape index (κ3) is 4.42. The van der Waals surface area contributed by atoms with E-state index in [-0.39, 0.29) is 11.8 Å². The minimum Gasteiger partial charge on any atom is -0.349 e. The Kier molecular flexibility index (Phi) is 4.71. The van der Waals surface area contributed by atoms with Crippen molar-refractivity contribution in [2.75, 3.05) is 5.32 Å². The average Bonchev–Trinajstić information content (AvgIpc) is 3.38. The van der Waals surface area contributed by atoms with E-state index in [0.717, 1.165) is 18.4 Å². The van der Waals surface area contributed by atoms with Gasteiger partial charge >= 0.3 is 0 Å². The summed E-state index contributed by atoms with van der Waals surface area (Å²) in [4.78, 5) is 24.4. The highest BCUT2D eigenvalue weighted by molar-refractivity contribution is 6.03. The molecule has 1 aliphatic rings. The highest BCUT2D eigenvalue weighted by Crippen LogP contribution is 2.21. The number of anilines is 1. The van der Waals surface area contributed by atoms with Gasteiger partial charge in [-0.2, -0.15) is 0 Å². The van der Waals surface area contributed by atoms with Crippen molar-refractivity contribution in [3.8, 4) is 0 Å². The van der Waals surface area contributed by atoms with E-state index in [9.17, 15) is 9.59 Å². The van der Waals surface area contributed by atoms with Crippen LogP contribution in [0.2, 0.25) is 0 Å². The van der Waals surface area contributed by atoms with Crippen molar-refractivity contribution in [2.45, 2.75) is 31.7 Å². The van der Waals surface area contributed by atoms with Crippen molar-refractivity contribution < 1.29 is 9.59 Å². The van der Waals surface area contributed by atoms with E-state index in [1.165, 1.54) is 0 Å². The molecule has 0 aliphatic heterocycles. The summed E-state index contributed by atoms with van der Waals surface area (Å²) in [6.07, 6.45) is 3.15. The third-order valence-corrected chi connectivity index (χ3v) is 3.84. The van der Waals surface area contributed by atoms with Crippen LogP contribution in [-0.4, -0.2) is 17.9 Å². The zero-order valence-corrected chi connectivity index (χ0v) is 12.9. The van der Waals surface area contributed by atoms with Crippen molar-refractivity contribution >= 4 is 17.5 Å². The molecule has 3 rings (SSSR count). The monoisotopic (exact) mass is 308 g/mol. The molecule has 0 atom stereocenters. The van der Waals surface area contributed by atoms with Gasteiger partial charge in [0.25, 0.3) is 5.91 Å². The quantitative estimate of drug-likeness (QED) is 0.861. The van der Waals surface area contributed by atoms with Gasteiger partial charge in [-0.1, -0.05) is 42.5 Å². The second kappa shape index (κ2) is 7.09. The SMILES string of the molecule is O=C(CCc1ccccc1)Nc1ccccc1C(=O)NC1CC1. The highest BCUT2D eigenvalue weighted by atomic mass is 16.2. The Labute approximate surface area is 135 Å². The predicted molar refractivity (Wildman–Crippen MR) is 90.3 cm³/mol. The lowest BCUT2D eigenvalue weighted by atomic mass is 10.1. The molecular weight excluding hydrogens is 288 g/mol. The number of rotatable bonds is 6. The Morgan fingerprint density at radius 1 is 0.957 bits per heavy atom. The first-order valence-corrected chi connectivity index (χ1v) is 7.96. The molecule has 2 aromatic carbocycles. The first kappa shape index (κ1) is 15.3. The summed E-state index contributed by atoms with van der Waals surface area (Å²) in [6, 6.07) is 17.3. The number of aryl methyl sites for hydroxylation is 1. The van der Waals surface area contributed by atoms with Gasteiger partial charge in [0.15, 0.2) is 0 Å². The Hall–Kier alpha value is -2.62. The standard InChI is InChI=1S/C19H20N2O2/c22-18(13-10-14-6-2-1-3-7-14)21-17-9-5-4-8-16(17)19(23)20-15-11-12-15/h1-9,15H,10-13H2,(H,20,23)(H,21,22). The normalized spacial score (nSPS) is 13.4. The molecule has 0 radical (unpaired) electrons. The number of carbonyl (C=O) groups excluding carboxylic acids is 2. The van der Waals surface area contributed by atoms with Crippen LogP contribution >= 0.6 is 0 Å². The van der Waals surface area contributed by atoms with Gasteiger partial charge in [0.2, 0.25) is 5.91 Å². The molecule has 0 saturated heterocycles. The third-order valence-electron chi connectivity index (χ3n) is 3.84. The van der Waals surface area contributed by atoms with Crippen LogP contribution in [0.3, 0.4) is 0 Å². The lowest BCUT2D eigenvalue weighted by molar-refractivity contribution is -0.116. The molecule has 1 fully saturated rings. The van der Waals surface area contributed by atoms with Crippen molar-refractivity contribution in [1.82, 2.24) is 5.32 Å². The summed E-state index contributed by atoms with van der Waals surface area (Å²) in [7, 11) is 0. The molecule has 2 aromatic rings. The number of amides is 2. The maximum atomic E-state index is 12.2. The number of carbonyl (C=O) groups is 2. The minimum atomic E-state index is -0.119. The Bertz CT molecular complexity index is 694. The van der Waals surface area contributed by atoms with E-state index in [1.807, 2.05) is 36.4 Å². The van der Waals surface area contributed by atoms with E-state index in [0.29, 0.717) is 30.1 Å². The maximum absolute atomic E-state index is 12.2. The van der Waals surface area contributed by atoms with E-state index >= 15 is 0 Å². The largest absolute Gasteiger partial charge is 0.349 e. The lowest BCUT2D eigenvalue weighted by Crippen LogP contribution is -2.27. The molecule has 2 amide bonds. The molecular formula is C19H20N2O2. The van der Waals surface area contributed by atoms with E-state index in [4.69, 9.17) is 0 Å². The molecule has 1 saturated carbocycles. The summed E-state index contributed by atoms with van der Waals surface area (Å²) < 4.78 is 0. The minimum absolute atomic E-state index is 0.0828. The van der Waals surface area contributed by atoms with E-state index < -0.39 is 0 Å². The highest BCUT2D eigenvalue weighted by Gasteiger charge is 2.24. The molecule has 4 nitrogen and oxygen atoms in total. The van der Waals surface area contributed by atoms with E-state index in [1.54, 1.807) is 18.2 Å². The fourth-order valence-corrected chi connectivity index (χ4v) is 2.40. The van der Waals surface area contributed by atoms with Crippen molar-refractivity contribution in [1.29, 1.82) is 0 Å². The summed E-state index contributed by atoms with van der Waals surface area (Å²) in [6.45, 7) is 0. The zero-order chi connectivity index (χ0) is 16.1. The van der Waals surface area contributed by atoms with Gasteiger partial charge in [-0.15, -0.1) is 0 Å². The Morgan fingerprint density at radius 2 is 1.65 bits per heavy atom. The molecule has 4 heteroatoms. The zero-order valence-electron chi connectivity index (χ0n) is 12.9. The first-order valence-electron chi connectivity index (χ1n) is 7.96. The molecule has 0 bridgehead atoms. The maximum Gasteiger partial charge on any atom is 0.253 e. The van der Waals surface area contributed by atoms with E-state index in [2.05, 4.69) is 10.6 Å². The Morgan fingerprint density at radius 3 is 2.39 bits per heavy atom. The average molecular weight is 308 g/mol. The van der Waals surface area contributed by atoms with Crippen molar-refractivity contribution in [3.05, 3.63) is 65.7 Å². The van der Waals surface area contributed by atoms with Crippen molar-refractivity contribution in [2.24, 2.45) is 0 Å². The molecule has 0 spiro atoms. The number of nitrogens with one attached hydrogen (secondary N) is 2. The van der Waals surface area contributed by atoms with Crippen LogP contribution in [0.1, 0.15) is 35.2 Å². The van der Waals surface area contributed by atoms with Crippen LogP contribution in [0.4, 0.5) is 5.69 Å². The summed E-state index contributed by atoms with van der Waals surface area (Å²) >= 11 is 0. The first-order chi connectivity index (χ1) is 11.2. The summed E-state index contributed by atoms with van der Waals surface area (Å²) in [5.74, 6) is -0.202. The molecule has 0 aromatic heterocycles. The van der Waals surface area contributed by atoms with Crippen LogP contribution in [0.25, 0.3) is 0 Å². The second-order valence-corrected chi connectivity index (χ2v) is 5.83. The van der Waals surface area contributed by atoms with Crippen LogP contribution < -0.4 is 10.6 Å². The van der Waals surface area contributed by atoms with Crippen LogP contribution in [-0.2, 0) is 11.2 Å². The fraction of sp³-hybridized carbons (Fsp3) is 0.263. The van der Waals surface area contributed by atoms with Gasteiger partial charge in [-0.3, -0.25) is 9.59 Å². The number of para-hydroxylation sites is 1. The van der Waals surface area contributed by atoms with Gasteiger partial charge in [-0.25, -0.2) is 0 Å². The van der Waals surface area contributed by atoms with Crippen molar-refractivity contribution in [3.63, 3.8) is 0 Å². The molecule has 118 valence electrons. The fourth-order valence-electron chi connectivity index (χ4n) is 2.40. The van der Waals surface area contributed by atoms with Crippen LogP contribution in [0.5, 0.6) is 0 Å². The lowest BCUT2D eigenvalue weighted by Gasteiger charge is -2.11. The van der Waals surface area contributed by atoms with Crippen LogP contribution in [0.15, 0.2) is 54.6 Å². The number of hydrogen-bond donors (Lipinski definition) is 2. The molecule has 1 aliphatic carbocycles. The summed E-state index contributed by atoms with van der Waals surface area (Å²) in [5.41, 5.74) is 2.22. The molecule has 2 N–H and O–H groups in total. The van der Waals surface area contributed by atoms with Gasteiger partial charge in [0.1, 0.15) is 0 Å². The van der Waals surface area contributed by atoms with Gasteiger partial charge in [0, 0.05) is 12.5 Å². The molecule has 0 unspecified atom stereocenters. The second-order valence-electron chi connectivity index (χ2n) is 5.83.